The van der Waals surface area contributed by atoms with Gasteiger partial charge in [0.15, 0.2) is 0 Å². The number of piperidine rings is 2. The van der Waals surface area contributed by atoms with Crippen LogP contribution in [0, 0.1) is 5.92 Å². The molecule has 15 heavy (non-hydrogen) atoms. The molecule has 0 aromatic rings. The van der Waals surface area contributed by atoms with Gasteiger partial charge in [0, 0.05) is 6.04 Å². The second-order valence-electron chi connectivity index (χ2n) is 4.58. The van der Waals surface area contributed by atoms with Gasteiger partial charge in [0.25, 0.3) is 0 Å². The van der Waals surface area contributed by atoms with Crippen molar-refractivity contribution in [3.8, 4) is 0 Å². The molecule has 0 spiro atoms. The Morgan fingerprint density at radius 2 is 1.60 bits per heavy atom. The van der Waals surface area contributed by atoms with Crippen LogP contribution in [0.25, 0.3) is 0 Å². The molecule has 0 radical (unpaired) electrons. The van der Waals surface area contributed by atoms with E-state index in [0.717, 1.165) is 12.0 Å². The van der Waals surface area contributed by atoms with Crippen LogP contribution < -0.4 is 10.6 Å². The highest BCUT2D eigenvalue weighted by molar-refractivity contribution is 5.85. The smallest absolute Gasteiger partial charge is 0.00697 e. The number of hydrogen-bond acceptors (Lipinski definition) is 2. The summed E-state index contributed by atoms with van der Waals surface area (Å²) in [6, 6.07) is 0.844. The van der Waals surface area contributed by atoms with Gasteiger partial charge in [0.1, 0.15) is 0 Å². The summed E-state index contributed by atoms with van der Waals surface area (Å²) in [6.45, 7) is 3.75. The van der Waals surface area contributed by atoms with Gasteiger partial charge < -0.3 is 10.6 Å². The minimum atomic E-state index is 0. The van der Waals surface area contributed by atoms with Crippen LogP contribution in [0.15, 0.2) is 0 Å². The van der Waals surface area contributed by atoms with E-state index in [1.54, 1.807) is 0 Å². The zero-order chi connectivity index (χ0) is 8.93. The molecule has 2 heterocycles. The summed E-state index contributed by atoms with van der Waals surface area (Å²) in [4.78, 5) is 0. The molecule has 2 aliphatic heterocycles. The van der Waals surface area contributed by atoms with Gasteiger partial charge in [-0.2, -0.15) is 0 Å². The first kappa shape index (κ1) is 15.5. The predicted octanol–water partition coefficient (Wildman–Crippen LogP) is 2.36. The largest absolute Gasteiger partial charge is 0.317 e. The molecule has 0 aliphatic carbocycles. The fourth-order valence-electron chi connectivity index (χ4n) is 2.64. The third kappa shape index (κ3) is 5.39. The van der Waals surface area contributed by atoms with E-state index in [4.69, 9.17) is 0 Å². The number of rotatable bonds is 2. The van der Waals surface area contributed by atoms with Gasteiger partial charge in [-0.05, 0) is 57.7 Å². The first-order valence-corrected chi connectivity index (χ1v) is 5.89. The average molecular weight is 255 g/mol. The van der Waals surface area contributed by atoms with Crippen molar-refractivity contribution in [1.82, 2.24) is 10.6 Å². The van der Waals surface area contributed by atoms with Crippen LogP contribution in [0.3, 0.4) is 0 Å². The van der Waals surface area contributed by atoms with Gasteiger partial charge in [-0.3, -0.25) is 0 Å². The average Bonchev–Trinajstić information content (AvgIpc) is 2.21. The third-order valence-corrected chi connectivity index (χ3v) is 3.49. The molecule has 1 atom stereocenters. The van der Waals surface area contributed by atoms with Crippen LogP contribution in [0.2, 0.25) is 0 Å². The minimum absolute atomic E-state index is 0. The molecule has 92 valence electrons. The van der Waals surface area contributed by atoms with Crippen molar-refractivity contribution >= 4 is 24.8 Å². The van der Waals surface area contributed by atoms with Crippen LogP contribution in [-0.2, 0) is 0 Å². The Morgan fingerprint density at radius 3 is 2.20 bits per heavy atom. The highest BCUT2D eigenvalue weighted by Crippen LogP contribution is 2.21. The Kier molecular flexibility index (Phi) is 8.92. The van der Waals surface area contributed by atoms with Crippen LogP contribution in [0.5, 0.6) is 0 Å². The summed E-state index contributed by atoms with van der Waals surface area (Å²) in [5, 5.41) is 7.08. The molecule has 2 nitrogen and oxygen atoms in total. The number of nitrogens with one attached hydrogen (secondary N) is 2. The molecule has 1 unspecified atom stereocenters. The van der Waals surface area contributed by atoms with E-state index in [-0.39, 0.29) is 24.8 Å². The summed E-state index contributed by atoms with van der Waals surface area (Å²) in [5.41, 5.74) is 0. The fraction of sp³-hybridized carbons (Fsp3) is 1.00. The highest BCUT2D eigenvalue weighted by atomic mass is 35.5. The summed E-state index contributed by atoms with van der Waals surface area (Å²) in [7, 11) is 0. The topological polar surface area (TPSA) is 24.1 Å². The van der Waals surface area contributed by atoms with Gasteiger partial charge in [0.05, 0.1) is 0 Å². The summed E-state index contributed by atoms with van der Waals surface area (Å²) < 4.78 is 0. The van der Waals surface area contributed by atoms with Crippen molar-refractivity contribution in [2.24, 2.45) is 5.92 Å². The molecule has 2 fully saturated rings. The zero-order valence-electron chi connectivity index (χ0n) is 9.34. The molecule has 0 aromatic heterocycles. The molecule has 4 heteroatoms. The van der Waals surface area contributed by atoms with E-state index in [1.165, 1.54) is 58.2 Å². The third-order valence-electron chi connectivity index (χ3n) is 3.49. The maximum Gasteiger partial charge on any atom is 0.00697 e. The molecule has 2 saturated heterocycles. The SMILES string of the molecule is C1CCC(CC2CCNCC2)NC1.Cl.Cl. The number of halogens is 2. The normalized spacial score (nSPS) is 27.6. The number of hydrogen-bond donors (Lipinski definition) is 2. The van der Waals surface area contributed by atoms with Gasteiger partial charge in [-0.25, -0.2) is 0 Å². The lowest BCUT2D eigenvalue weighted by molar-refractivity contribution is 0.281. The zero-order valence-corrected chi connectivity index (χ0v) is 11.0. The second kappa shape index (κ2) is 8.63. The fourth-order valence-corrected chi connectivity index (χ4v) is 2.64. The Morgan fingerprint density at radius 1 is 0.867 bits per heavy atom. The Balaban J connectivity index is 0.000000980. The van der Waals surface area contributed by atoms with E-state index in [1.807, 2.05) is 0 Å². The van der Waals surface area contributed by atoms with E-state index >= 15 is 0 Å². The van der Waals surface area contributed by atoms with Crippen molar-refractivity contribution in [2.75, 3.05) is 19.6 Å². The van der Waals surface area contributed by atoms with Crippen molar-refractivity contribution in [3.05, 3.63) is 0 Å². The molecule has 2 rings (SSSR count). The molecule has 2 aliphatic rings. The second-order valence-corrected chi connectivity index (χ2v) is 4.58. The lowest BCUT2D eigenvalue weighted by atomic mass is 9.88. The lowest BCUT2D eigenvalue weighted by Gasteiger charge is -2.30. The molecule has 2 N–H and O–H groups in total. The molecular formula is C11H24Cl2N2. The Bertz CT molecular complexity index is 128. The summed E-state index contributed by atoms with van der Waals surface area (Å²) in [5.74, 6) is 0.997. The summed E-state index contributed by atoms with van der Waals surface area (Å²) in [6.07, 6.45) is 8.49. The van der Waals surface area contributed by atoms with Crippen LogP contribution in [-0.4, -0.2) is 25.7 Å². The van der Waals surface area contributed by atoms with Gasteiger partial charge in [0.2, 0.25) is 0 Å². The van der Waals surface area contributed by atoms with Crippen LogP contribution in [0.1, 0.15) is 38.5 Å². The first-order chi connectivity index (χ1) is 6.45. The maximum atomic E-state index is 3.65. The van der Waals surface area contributed by atoms with Crippen molar-refractivity contribution in [2.45, 2.75) is 44.6 Å². The standard InChI is InChI=1S/C11H22N2.2ClH/c1-2-6-13-11(3-1)9-10-4-7-12-8-5-10;;/h10-13H,1-9H2;2*1H. The van der Waals surface area contributed by atoms with Crippen molar-refractivity contribution in [1.29, 1.82) is 0 Å². The predicted molar refractivity (Wildman–Crippen MR) is 70.3 cm³/mol. The summed E-state index contributed by atoms with van der Waals surface area (Å²) >= 11 is 0. The van der Waals surface area contributed by atoms with Crippen molar-refractivity contribution in [3.63, 3.8) is 0 Å². The van der Waals surface area contributed by atoms with E-state index in [9.17, 15) is 0 Å². The quantitative estimate of drug-likeness (QED) is 0.791. The molecule has 0 amide bonds. The highest BCUT2D eigenvalue weighted by Gasteiger charge is 2.19. The van der Waals surface area contributed by atoms with Crippen molar-refractivity contribution < 1.29 is 0 Å². The Labute approximate surface area is 106 Å². The monoisotopic (exact) mass is 254 g/mol. The maximum absolute atomic E-state index is 3.65. The van der Waals surface area contributed by atoms with Crippen LogP contribution >= 0.6 is 24.8 Å². The minimum Gasteiger partial charge on any atom is -0.317 e. The van der Waals surface area contributed by atoms with E-state index in [2.05, 4.69) is 10.6 Å². The van der Waals surface area contributed by atoms with E-state index < -0.39 is 0 Å². The molecule has 0 aromatic carbocycles. The van der Waals surface area contributed by atoms with Crippen LogP contribution in [0.4, 0.5) is 0 Å². The molecular weight excluding hydrogens is 231 g/mol. The first-order valence-electron chi connectivity index (χ1n) is 5.89. The lowest BCUT2D eigenvalue weighted by Crippen LogP contribution is -2.38. The van der Waals surface area contributed by atoms with Gasteiger partial charge >= 0.3 is 0 Å². The molecule has 0 saturated carbocycles. The van der Waals surface area contributed by atoms with Gasteiger partial charge in [-0.1, -0.05) is 6.42 Å². The van der Waals surface area contributed by atoms with Gasteiger partial charge in [-0.15, -0.1) is 24.8 Å². The molecule has 0 bridgehead atoms. The van der Waals surface area contributed by atoms with E-state index in [0.29, 0.717) is 0 Å². The Hall–Kier alpha value is 0.500.